The minimum absolute atomic E-state index is 0.0182. The highest BCUT2D eigenvalue weighted by molar-refractivity contribution is 7.99. The number of carbonyl (C=O) groups excluding carboxylic acids is 1. The fraction of sp³-hybridized carbons (Fsp3) is 0.500. The summed E-state index contributed by atoms with van der Waals surface area (Å²) in [6.07, 6.45) is 0. The van der Waals surface area contributed by atoms with E-state index in [0.717, 1.165) is 21.8 Å². The van der Waals surface area contributed by atoms with Gasteiger partial charge < -0.3 is 4.90 Å². The molecule has 0 N–H and O–H groups in total. The molecule has 0 fully saturated rings. The highest BCUT2D eigenvalue weighted by atomic mass is 32.2. The van der Waals surface area contributed by atoms with Crippen molar-refractivity contribution in [2.75, 3.05) is 21.1 Å². The monoisotopic (exact) mass is 251 g/mol. The molecular formula is C12H17N3OS. The van der Waals surface area contributed by atoms with Crippen LogP contribution in [0.5, 0.6) is 0 Å². The third-order valence-electron chi connectivity index (χ3n) is 2.97. The van der Waals surface area contributed by atoms with Crippen molar-refractivity contribution in [2.45, 2.75) is 24.4 Å². The maximum Gasteiger partial charge on any atom is 0.258 e. The van der Waals surface area contributed by atoms with Crippen LogP contribution in [0.3, 0.4) is 0 Å². The lowest BCUT2D eigenvalue weighted by atomic mass is 10.1. The fourth-order valence-electron chi connectivity index (χ4n) is 1.85. The maximum absolute atomic E-state index is 12.2. The number of pyridine rings is 1. The number of amides is 1. The second kappa shape index (κ2) is 4.31. The first kappa shape index (κ1) is 12.4. The Hall–Kier alpha value is -1.07. The van der Waals surface area contributed by atoms with Gasteiger partial charge in [-0.15, -0.1) is 0 Å². The molecule has 0 radical (unpaired) electrons. The molecule has 0 bridgehead atoms. The van der Waals surface area contributed by atoms with Crippen molar-refractivity contribution in [2.24, 2.45) is 0 Å². The molecule has 4 nitrogen and oxygen atoms in total. The molecule has 1 aliphatic rings. The van der Waals surface area contributed by atoms with Crippen LogP contribution in [-0.4, -0.2) is 47.3 Å². The summed E-state index contributed by atoms with van der Waals surface area (Å²) in [5.41, 5.74) is 2.80. The summed E-state index contributed by atoms with van der Waals surface area (Å²) >= 11 is 1.62. The Morgan fingerprint density at radius 1 is 1.41 bits per heavy atom. The quantitative estimate of drug-likeness (QED) is 0.761. The summed E-state index contributed by atoms with van der Waals surface area (Å²) in [4.78, 5) is 20.5. The number of hydrogen-bond acceptors (Lipinski definition) is 4. The number of carbonyl (C=O) groups is 1. The zero-order valence-electron chi connectivity index (χ0n) is 10.8. The van der Waals surface area contributed by atoms with Crippen LogP contribution in [-0.2, 0) is 0 Å². The van der Waals surface area contributed by atoms with E-state index in [0.29, 0.717) is 0 Å². The van der Waals surface area contributed by atoms with E-state index in [4.69, 9.17) is 0 Å². The van der Waals surface area contributed by atoms with Gasteiger partial charge in [0.1, 0.15) is 10.5 Å². The molecule has 0 aromatic carbocycles. The molecule has 0 spiro atoms. The minimum Gasteiger partial charge on any atom is -0.316 e. The predicted molar refractivity (Wildman–Crippen MR) is 69.1 cm³/mol. The second-order valence-corrected chi connectivity index (χ2v) is 5.61. The Morgan fingerprint density at radius 2 is 2.06 bits per heavy atom. The summed E-state index contributed by atoms with van der Waals surface area (Å²) in [5, 5.41) is 0.843. The lowest BCUT2D eigenvalue weighted by Gasteiger charge is -2.36. The van der Waals surface area contributed by atoms with Crippen LogP contribution >= 0.6 is 11.8 Å². The van der Waals surface area contributed by atoms with Gasteiger partial charge in [-0.2, -0.15) is 0 Å². The van der Waals surface area contributed by atoms with Crippen LogP contribution in [0.4, 0.5) is 0 Å². The summed E-state index contributed by atoms with van der Waals surface area (Å²) in [7, 11) is 5.76. The molecular weight excluding hydrogens is 234 g/mol. The molecule has 1 amide bonds. The molecule has 1 unspecified atom stereocenters. The summed E-state index contributed by atoms with van der Waals surface area (Å²) in [5.74, 6) is 0.0491. The van der Waals surface area contributed by atoms with E-state index < -0.39 is 0 Å². The zero-order valence-corrected chi connectivity index (χ0v) is 11.6. The molecule has 1 aliphatic heterocycles. The number of aromatic nitrogens is 1. The Bertz CT molecular complexity index is 473. The van der Waals surface area contributed by atoms with Gasteiger partial charge in [0.05, 0.1) is 5.56 Å². The molecule has 0 aliphatic carbocycles. The third kappa shape index (κ3) is 2.05. The molecule has 0 saturated carbocycles. The van der Waals surface area contributed by atoms with Gasteiger partial charge in [-0.3, -0.25) is 9.69 Å². The number of aryl methyl sites for hydroxylation is 2. The van der Waals surface area contributed by atoms with Crippen LogP contribution in [0.1, 0.15) is 21.6 Å². The van der Waals surface area contributed by atoms with Gasteiger partial charge in [0, 0.05) is 12.7 Å². The van der Waals surface area contributed by atoms with Crippen molar-refractivity contribution in [1.82, 2.24) is 14.8 Å². The lowest BCUT2D eigenvalue weighted by molar-refractivity contribution is 0.0675. The van der Waals surface area contributed by atoms with Crippen molar-refractivity contribution in [3.05, 3.63) is 22.9 Å². The molecule has 92 valence electrons. The number of nitrogens with zero attached hydrogens (tertiary/aromatic N) is 3. The first-order chi connectivity index (χ1) is 7.91. The standard InChI is InChI=1S/C12H17N3OS/c1-7-6-9-10(13-8(7)2)17-12(14(3)4)15(5)11(9)16/h6,12H,1-5H3. The Kier molecular flexibility index (Phi) is 3.14. The molecule has 17 heavy (non-hydrogen) atoms. The van der Waals surface area contributed by atoms with E-state index in [-0.39, 0.29) is 11.4 Å². The van der Waals surface area contributed by atoms with Gasteiger partial charge in [0.15, 0.2) is 0 Å². The summed E-state index contributed by atoms with van der Waals surface area (Å²) in [6.45, 7) is 3.96. The van der Waals surface area contributed by atoms with Gasteiger partial charge in [0.2, 0.25) is 0 Å². The fourth-order valence-corrected chi connectivity index (χ4v) is 2.97. The molecule has 2 heterocycles. The SMILES string of the molecule is Cc1cc2c(nc1C)SC(N(C)C)N(C)C2=O. The van der Waals surface area contributed by atoms with Gasteiger partial charge in [-0.25, -0.2) is 4.98 Å². The number of rotatable bonds is 1. The average Bonchev–Trinajstić information content (AvgIpc) is 2.26. The highest BCUT2D eigenvalue weighted by Gasteiger charge is 2.33. The first-order valence-electron chi connectivity index (χ1n) is 5.50. The van der Waals surface area contributed by atoms with E-state index in [1.807, 2.05) is 46.0 Å². The normalized spacial score (nSPS) is 19.8. The lowest BCUT2D eigenvalue weighted by Crippen LogP contribution is -2.46. The van der Waals surface area contributed by atoms with E-state index in [1.165, 1.54) is 0 Å². The van der Waals surface area contributed by atoms with E-state index in [1.54, 1.807) is 16.7 Å². The third-order valence-corrected chi connectivity index (χ3v) is 4.46. The summed E-state index contributed by atoms with van der Waals surface area (Å²) < 4.78 is 0. The predicted octanol–water partition coefficient (Wildman–Crippen LogP) is 1.72. The molecule has 1 aromatic heterocycles. The maximum atomic E-state index is 12.2. The molecule has 1 atom stereocenters. The minimum atomic E-state index is 0.0182. The van der Waals surface area contributed by atoms with Crippen LogP contribution in [0.25, 0.3) is 0 Å². The van der Waals surface area contributed by atoms with Gasteiger partial charge in [0.25, 0.3) is 5.91 Å². The van der Waals surface area contributed by atoms with Crippen LogP contribution in [0.2, 0.25) is 0 Å². The Balaban J connectivity index is 2.49. The van der Waals surface area contributed by atoms with E-state index >= 15 is 0 Å². The van der Waals surface area contributed by atoms with Gasteiger partial charge >= 0.3 is 0 Å². The highest BCUT2D eigenvalue weighted by Crippen LogP contribution is 2.34. The Labute approximate surface area is 106 Å². The van der Waals surface area contributed by atoms with Crippen molar-refractivity contribution < 1.29 is 4.79 Å². The van der Waals surface area contributed by atoms with Crippen LogP contribution in [0, 0.1) is 13.8 Å². The summed E-state index contributed by atoms with van der Waals surface area (Å²) in [6, 6.07) is 1.94. The molecule has 5 heteroatoms. The first-order valence-corrected chi connectivity index (χ1v) is 6.38. The second-order valence-electron chi connectivity index (χ2n) is 4.57. The van der Waals surface area contributed by atoms with Crippen LogP contribution in [0.15, 0.2) is 11.1 Å². The largest absolute Gasteiger partial charge is 0.316 e. The van der Waals surface area contributed by atoms with Crippen molar-refractivity contribution in [3.63, 3.8) is 0 Å². The number of hydrogen-bond donors (Lipinski definition) is 0. The topological polar surface area (TPSA) is 36.4 Å². The van der Waals surface area contributed by atoms with Gasteiger partial charge in [-0.1, -0.05) is 11.8 Å². The van der Waals surface area contributed by atoms with Crippen LogP contribution < -0.4 is 0 Å². The zero-order chi connectivity index (χ0) is 12.7. The van der Waals surface area contributed by atoms with Gasteiger partial charge in [-0.05, 0) is 39.6 Å². The van der Waals surface area contributed by atoms with Crippen molar-refractivity contribution in [3.8, 4) is 0 Å². The molecule has 0 saturated heterocycles. The Morgan fingerprint density at radius 3 is 2.65 bits per heavy atom. The number of thioether (sulfide) groups is 1. The molecule has 2 rings (SSSR count). The molecule has 1 aromatic rings. The van der Waals surface area contributed by atoms with Crippen molar-refractivity contribution >= 4 is 17.7 Å². The number of fused-ring (bicyclic) bond motifs is 1. The van der Waals surface area contributed by atoms with Crippen molar-refractivity contribution in [1.29, 1.82) is 0 Å². The van der Waals surface area contributed by atoms with E-state index in [2.05, 4.69) is 4.98 Å². The average molecular weight is 251 g/mol. The smallest absolute Gasteiger partial charge is 0.258 e. The van der Waals surface area contributed by atoms with E-state index in [9.17, 15) is 4.79 Å².